The second-order valence-electron chi connectivity index (χ2n) is 27.2. The average Bonchev–Trinajstić information content (AvgIpc) is 0.886. The molecule has 0 radical (unpaired) electrons. The van der Waals surface area contributed by atoms with Crippen LogP contribution in [-0.4, -0.2) is 341 Å². The van der Waals surface area contributed by atoms with Crippen LogP contribution < -0.4 is 26.4 Å². The SMILES string of the molecule is C=C(C)C(=O)OCCNC(=O)OCC(C[N+](C)(C)CC(=O)[O-])OC(=O)NCCOC(=O)C(=C)C.C=C(C)C(=O)OCCNC(=O)OCC(C[N+](C)(C)CCCS(=O)(=O)[O-])OC(=O)NCCOC(=O)C(=C)C.C=C(C)C(=O)OCCOCCCC(=O)OCC[N+](C)(CCCCS(=O)(=O)[O-])CCOC(=O)CCCOCCOC(=O)C(=C)C. The van der Waals surface area contributed by atoms with E-state index in [1.807, 2.05) is 7.05 Å². The lowest BCUT2D eigenvalue weighted by Crippen LogP contribution is -2.53. The highest BCUT2D eigenvalue weighted by Crippen LogP contribution is 2.12. The number of carbonyl (C=O) groups excluding carboxylic acids is 13. The van der Waals surface area contributed by atoms with E-state index in [1.165, 1.54) is 27.7 Å². The Balaban J connectivity index is -0.00000165. The van der Waals surface area contributed by atoms with Gasteiger partial charge in [-0.25, -0.2) is 64.8 Å². The standard InChI is InChI=1S/C29H49NO13S.C22H37N3O11S.C21H33N3O10/c1-24(2)28(33)42-21-19-38-15-8-10-26(31)40-17-13-30(5,12-6-7-23-44(35,36)37)14-18-41-27(32)11-9-16-39-20-22-43-29(34)25(3)4;1-16(2)19(26)33-11-8-23-21(28)35-15-18(14-25(5,6)10-7-13-37(30,31)32)36-22(29)24-9-12-34-20(27)17(3)4;1-14(2)18(27)31-9-7-22-20(29)33-13-16(11-24(5,6)12-17(25)26)34-21(30)23-8-10-32-19(28)15(3)4/h1,3,6-23H2,2,4-5H3;18H,1,3,7-15H2,2,4-6H3,(H2-,23,24,28,29,30,31,32);16H,1,3,7-13H2,2,4-6H3,(H2-,22,23,25,26,29,30). The summed E-state index contributed by atoms with van der Waals surface area (Å²) < 4.78 is 137. The fourth-order valence-corrected chi connectivity index (χ4v) is 9.56. The number of carboxylic acids is 1. The molecule has 0 aromatic carbocycles. The summed E-state index contributed by atoms with van der Waals surface area (Å²) in [6.45, 7) is 31.0. The minimum absolute atomic E-state index is 0.0183. The first-order valence-corrected chi connectivity index (χ1v) is 39.2. The first-order valence-electron chi connectivity index (χ1n) is 36.1. The Hall–Kier alpha value is -9.63. The number of unbranched alkanes of at least 4 members (excludes halogenated alkanes) is 1. The Kier molecular flexibility index (Phi) is 58.0. The van der Waals surface area contributed by atoms with Gasteiger partial charge in [0.1, 0.15) is 98.8 Å². The Morgan fingerprint density at radius 2 is 0.652 bits per heavy atom. The van der Waals surface area contributed by atoms with Crippen LogP contribution in [0.2, 0.25) is 0 Å². The van der Waals surface area contributed by atoms with Crippen molar-refractivity contribution in [1.82, 2.24) is 21.3 Å². The lowest BCUT2D eigenvalue weighted by Gasteiger charge is -2.34. The van der Waals surface area contributed by atoms with E-state index in [2.05, 4.69) is 60.7 Å². The van der Waals surface area contributed by atoms with Crippen molar-refractivity contribution in [1.29, 1.82) is 0 Å². The van der Waals surface area contributed by atoms with Crippen LogP contribution in [-0.2, 0) is 130 Å². The molecule has 2 atom stereocenters. The summed E-state index contributed by atoms with van der Waals surface area (Å²) in [5.41, 5.74) is 1.44. The molecule has 0 spiro atoms. The van der Waals surface area contributed by atoms with Gasteiger partial charge in [-0.1, -0.05) is 39.5 Å². The summed E-state index contributed by atoms with van der Waals surface area (Å²) in [7, 11) is -0.238. The number of rotatable bonds is 59. The number of alkyl carbamates (subject to hydrolysis) is 4. The summed E-state index contributed by atoms with van der Waals surface area (Å²) in [6.07, 6.45) is -3.61. The van der Waals surface area contributed by atoms with E-state index in [1.54, 1.807) is 42.0 Å². The Morgan fingerprint density at radius 1 is 0.348 bits per heavy atom. The van der Waals surface area contributed by atoms with Gasteiger partial charge in [-0.15, -0.1) is 0 Å². The highest BCUT2D eigenvalue weighted by atomic mass is 32.2. The van der Waals surface area contributed by atoms with Crippen molar-refractivity contribution in [2.45, 2.75) is 98.7 Å². The molecule has 0 bridgehead atoms. The zero-order valence-corrected chi connectivity index (χ0v) is 69.6. The van der Waals surface area contributed by atoms with Gasteiger partial charge < -0.3 is 120 Å². The summed E-state index contributed by atoms with van der Waals surface area (Å²) in [5, 5.41) is 20.5. The summed E-state index contributed by atoms with van der Waals surface area (Å²) >= 11 is 0. The van der Waals surface area contributed by atoms with Crippen LogP contribution in [0.4, 0.5) is 19.2 Å². The van der Waals surface area contributed by atoms with Crippen LogP contribution in [0.5, 0.6) is 0 Å². The number of carboxylic acid groups (broad SMARTS) is 1. The van der Waals surface area contributed by atoms with Crippen LogP contribution in [0.15, 0.2) is 72.9 Å². The number of nitrogens with zero attached hydrogens (tertiary/aromatic N) is 3. The molecule has 0 fully saturated rings. The van der Waals surface area contributed by atoms with Crippen molar-refractivity contribution in [3.05, 3.63) is 72.9 Å². The van der Waals surface area contributed by atoms with Gasteiger partial charge in [0.25, 0.3) is 0 Å². The quantitative estimate of drug-likeness (QED) is 0.0162. The van der Waals surface area contributed by atoms with Gasteiger partial charge in [0.05, 0.1) is 114 Å². The normalized spacial score (nSPS) is 11.6. The highest BCUT2D eigenvalue weighted by Gasteiger charge is 2.30. The molecule has 0 aliphatic carbocycles. The second-order valence-corrected chi connectivity index (χ2v) is 30.2. The molecule has 658 valence electrons. The van der Waals surface area contributed by atoms with Crippen LogP contribution in [0, 0.1) is 0 Å². The summed E-state index contributed by atoms with van der Waals surface area (Å²) in [5.74, 6) is -6.54. The topological polar surface area (TPSA) is 537 Å². The fraction of sp³-hybridized carbons (Fsp3) is 0.653. The number of ether oxygens (including phenoxy) is 14. The van der Waals surface area contributed by atoms with Gasteiger partial charge in [0, 0.05) is 77.4 Å². The number of hydrogen-bond donors (Lipinski definition) is 4. The molecule has 0 heterocycles. The van der Waals surface area contributed by atoms with E-state index < -0.39 is 122 Å². The number of likely N-dealkylation sites (N-methyl/N-ethyl adjacent to an activating group) is 3. The molecular formula is C72H119N7O34S2. The number of aliphatic carboxylic acids is 1. The first kappa shape index (κ1) is 110. The van der Waals surface area contributed by atoms with Gasteiger partial charge in [-0.3, -0.25) is 9.59 Å². The van der Waals surface area contributed by atoms with Crippen molar-refractivity contribution >= 4 is 98.3 Å². The van der Waals surface area contributed by atoms with E-state index in [0.717, 1.165) is 0 Å². The summed E-state index contributed by atoms with van der Waals surface area (Å²) in [6, 6.07) is 0. The van der Waals surface area contributed by atoms with Crippen molar-refractivity contribution < 1.29 is 173 Å². The number of hydrogen-bond acceptors (Lipinski definition) is 34. The molecule has 0 saturated heterocycles. The molecule has 0 aromatic heterocycles. The molecule has 4 amide bonds. The zero-order chi connectivity index (χ0) is 88.4. The third-order valence-corrected chi connectivity index (χ3v) is 15.9. The highest BCUT2D eigenvalue weighted by molar-refractivity contribution is 7.85. The molecular weight excluding hydrogens is 1570 g/mol. The second kappa shape index (κ2) is 60.9. The Bertz CT molecular complexity index is 3380. The van der Waals surface area contributed by atoms with Gasteiger partial charge in [-0.2, -0.15) is 0 Å². The van der Waals surface area contributed by atoms with Crippen LogP contribution in [0.3, 0.4) is 0 Å². The monoisotopic (exact) mass is 1690 g/mol. The first-order chi connectivity index (χ1) is 53.4. The molecule has 0 aromatic rings. The number of carbonyl (C=O) groups is 13. The molecule has 41 nitrogen and oxygen atoms in total. The predicted molar refractivity (Wildman–Crippen MR) is 404 cm³/mol. The number of esters is 8. The van der Waals surface area contributed by atoms with E-state index in [9.17, 15) is 93.4 Å². The van der Waals surface area contributed by atoms with E-state index in [-0.39, 0.29) is 189 Å². The summed E-state index contributed by atoms with van der Waals surface area (Å²) in [4.78, 5) is 151. The van der Waals surface area contributed by atoms with Crippen LogP contribution in [0.1, 0.15) is 86.5 Å². The molecule has 115 heavy (non-hydrogen) atoms. The molecule has 0 aliphatic rings. The molecule has 0 saturated carbocycles. The van der Waals surface area contributed by atoms with Crippen molar-refractivity contribution in [3.63, 3.8) is 0 Å². The molecule has 0 rings (SSSR count). The predicted octanol–water partition coefficient (Wildman–Crippen LogP) is 0.607. The Morgan fingerprint density at radius 3 is 0.965 bits per heavy atom. The van der Waals surface area contributed by atoms with Crippen molar-refractivity contribution in [3.8, 4) is 0 Å². The van der Waals surface area contributed by atoms with E-state index in [0.29, 0.717) is 67.7 Å². The van der Waals surface area contributed by atoms with Crippen LogP contribution in [0.25, 0.3) is 0 Å². The van der Waals surface area contributed by atoms with Gasteiger partial charge in [0.15, 0.2) is 12.2 Å². The average molecular weight is 1690 g/mol. The van der Waals surface area contributed by atoms with Gasteiger partial charge >= 0.3 is 72.1 Å². The molecule has 2 unspecified atom stereocenters. The van der Waals surface area contributed by atoms with Crippen molar-refractivity contribution in [2.75, 3.05) is 211 Å². The maximum atomic E-state index is 12.2. The maximum absolute atomic E-state index is 12.2. The third-order valence-electron chi connectivity index (χ3n) is 14.4. The maximum Gasteiger partial charge on any atom is 0.407 e. The lowest BCUT2D eigenvalue weighted by molar-refractivity contribution is -0.910. The smallest absolute Gasteiger partial charge is 0.407 e. The Labute approximate surface area is 672 Å². The van der Waals surface area contributed by atoms with Crippen LogP contribution >= 0.6 is 0 Å². The minimum Gasteiger partial charge on any atom is -0.748 e. The van der Waals surface area contributed by atoms with Gasteiger partial charge in [0.2, 0.25) is 0 Å². The third kappa shape index (κ3) is 68.5. The lowest BCUT2D eigenvalue weighted by atomic mass is 10.2. The number of quaternary nitrogens is 3. The largest absolute Gasteiger partial charge is 0.748 e. The van der Waals surface area contributed by atoms with Crippen molar-refractivity contribution in [2.24, 2.45) is 0 Å². The molecule has 4 N–H and O–H groups in total. The zero-order valence-electron chi connectivity index (χ0n) is 68.0. The fourth-order valence-electron chi connectivity index (χ4n) is 8.52. The number of nitrogens with one attached hydrogen (secondary N) is 4. The van der Waals surface area contributed by atoms with E-state index >= 15 is 0 Å². The van der Waals surface area contributed by atoms with E-state index in [4.69, 9.17) is 66.3 Å². The van der Waals surface area contributed by atoms with Gasteiger partial charge in [-0.05, 0) is 67.2 Å². The molecule has 0 aliphatic heterocycles. The number of amides is 4. The molecule has 43 heteroatoms. The minimum atomic E-state index is -4.37.